The number of rotatable bonds is 4. The molecule has 0 saturated heterocycles. The first-order valence-corrected chi connectivity index (χ1v) is 6.05. The van der Waals surface area contributed by atoms with Gasteiger partial charge in [-0.2, -0.15) is 0 Å². The van der Waals surface area contributed by atoms with Crippen molar-refractivity contribution in [2.24, 2.45) is 7.05 Å². The van der Waals surface area contributed by atoms with Crippen LogP contribution in [0.1, 0.15) is 12.5 Å². The summed E-state index contributed by atoms with van der Waals surface area (Å²) in [6, 6.07) is 8.01. The fourth-order valence-electron chi connectivity index (χ4n) is 2.06. The molecular formula is C14H18N2O2. The molecule has 0 radical (unpaired) electrons. The van der Waals surface area contributed by atoms with Crippen molar-refractivity contribution in [1.29, 1.82) is 0 Å². The van der Waals surface area contributed by atoms with Crippen molar-refractivity contribution in [2.45, 2.75) is 19.4 Å². The summed E-state index contributed by atoms with van der Waals surface area (Å²) in [6.07, 6.45) is 1.81. The zero-order valence-electron chi connectivity index (χ0n) is 10.7. The smallest absolute Gasteiger partial charge is 0.224 e. The number of amides is 1. The molecule has 4 heteroatoms. The van der Waals surface area contributed by atoms with Gasteiger partial charge in [-0.3, -0.25) is 4.79 Å². The quantitative estimate of drug-likeness (QED) is 0.852. The van der Waals surface area contributed by atoms with Gasteiger partial charge in [-0.05, 0) is 18.6 Å². The predicted octanol–water partition coefficient (Wildman–Crippen LogP) is 1.22. The molecule has 2 rings (SSSR count). The molecule has 1 atom stereocenters. The third-order valence-corrected chi connectivity index (χ3v) is 2.93. The van der Waals surface area contributed by atoms with Crippen LogP contribution >= 0.6 is 0 Å². The van der Waals surface area contributed by atoms with Crippen LogP contribution in [0.25, 0.3) is 10.9 Å². The number of nitrogens with one attached hydrogen (secondary N) is 1. The lowest BCUT2D eigenvalue weighted by atomic mass is 10.1. The molecule has 0 aliphatic rings. The van der Waals surface area contributed by atoms with Crippen LogP contribution in [0.2, 0.25) is 0 Å². The van der Waals surface area contributed by atoms with Gasteiger partial charge in [-0.25, -0.2) is 0 Å². The first-order chi connectivity index (χ1) is 8.58. The van der Waals surface area contributed by atoms with Crippen LogP contribution in [0, 0.1) is 0 Å². The Bertz CT molecular complexity index is 558. The van der Waals surface area contributed by atoms with Crippen molar-refractivity contribution in [3.8, 4) is 0 Å². The molecule has 0 bridgehead atoms. The number of aliphatic hydroxyl groups excluding tert-OH is 1. The number of nitrogens with zero attached hydrogens (tertiary/aromatic N) is 1. The monoisotopic (exact) mass is 246 g/mol. The molecule has 0 fully saturated rings. The van der Waals surface area contributed by atoms with E-state index in [1.807, 2.05) is 42.1 Å². The Morgan fingerprint density at radius 1 is 1.44 bits per heavy atom. The lowest BCUT2D eigenvalue weighted by molar-refractivity contribution is -0.120. The largest absolute Gasteiger partial charge is 0.392 e. The van der Waals surface area contributed by atoms with Crippen molar-refractivity contribution < 1.29 is 9.90 Å². The number of aromatic nitrogens is 1. The number of fused-ring (bicyclic) bond motifs is 1. The molecule has 1 unspecified atom stereocenters. The molecule has 4 nitrogen and oxygen atoms in total. The number of carbonyl (C=O) groups is 1. The Balaban J connectivity index is 2.14. The van der Waals surface area contributed by atoms with Gasteiger partial charge in [0, 0.05) is 30.7 Å². The maximum Gasteiger partial charge on any atom is 0.224 e. The summed E-state index contributed by atoms with van der Waals surface area (Å²) in [5.41, 5.74) is 2.13. The van der Waals surface area contributed by atoms with Crippen molar-refractivity contribution in [2.75, 3.05) is 6.54 Å². The zero-order chi connectivity index (χ0) is 13.1. The van der Waals surface area contributed by atoms with Gasteiger partial charge in [-0.15, -0.1) is 0 Å². The van der Waals surface area contributed by atoms with Gasteiger partial charge in [-0.1, -0.05) is 18.2 Å². The molecule has 0 aliphatic heterocycles. The highest BCUT2D eigenvalue weighted by Gasteiger charge is 2.10. The maximum atomic E-state index is 11.7. The van der Waals surface area contributed by atoms with E-state index < -0.39 is 6.10 Å². The molecule has 0 saturated carbocycles. The molecule has 2 aromatic rings. The highest BCUT2D eigenvalue weighted by Crippen LogP contribution is 2.20. The molecule has 1 aromatic heterocycles. The van der Waals surface area contributed by atoms with Gasteiger partial charge in [0.15, 0.2) is 0 Å². The fourth-order valence-corrected chi connectivity index (χ4v) is 2.06. The van der Waals surface area contributed by atoms with Gasteiger partial charge >= 0.3 is 0 Å². The van der Waals surface area contributed by atoms with Gasteiger partial charge in [0.1, 0.15) is 0 Å². The van der Waals surface area contributed by atoms with Gasteiger partial charge < -0.3 is 15.0 Å². The van der Waals surface area contributed by atoms with Crippen molar-refractivity contribution >= 4 is 16.8 Å². The van der Waals surface area contributed by atoms with Crippen LogP contribution in [0.4, 0.5) is 0 Å². The first kappa shape index (κ1) is 12.6. The minimum atomic E-state index is -0.513. The number of hydrogen-bond donors (Lipinski definition) is 2. The van der Waals surface area contributed by atoms with Crippen LogP contribution in [0.3, 0.4) is 0 Å². The third-order valence-electron chi connectivity index (χ3n) is 2.93. The molecule has 1 heterocycles. The third kappa shape index (κ3) is 2.71. The first-order valence-electron chi connectivity index (χ1n) is 6.05. The minimum Gasteiger partial charge on any atom is -0.392 e. The van der Waals surface area contributed by atoms with E-state index in [9.17, 15) is 4.79 Å². The molecule has 1 amide bonds. The Labute approximate surface area is 106 Å². The van der Waals surface area contributed by atoms with E-state index in [4.69, 9.17) is 5.11 Å². The molecule has 18 heavy (non-hydrogen) atoms. The Morgan fingerprint density at radius 3 is 2.89 bits per heavy atom. The van der Waals surface area contributed by atoms with Crippen molar-refractivity contribution in [3.63, 3.8) is 0 Å². The van der Waals surface area contributed by atoms with Gasteiger partial charge in [0.25, 0.3) is 0 Å². The molecule has 96 valence electrons. The molecule has 2 N–H and O–H groups in total. The molecule has 0 spiro atoms. The Hall–Kier alpha value is -1.81. The van der Waals surface area contributed by atoms with Crippen LogP contribution in [0.5, 0.6) is 0 Å². The van der Waals surface area contributed by atoms with Crippen molar-refractivity contribution in [3.05, 3.63) is 36.0 Å². The SMILES string of the molecule is CC(O)CNC(=O)Cc1cn(C)c2ccccc12. The molecule has 1 aromatic carbocycles. The minimum absolute atomic E-state index is 0.0627. The summed E-state index contributed by atoms with van der Waals surface area (Å²) in [7, 11) is 1.97. The number of para-hydroxylation sites is 1. The highest BCUT2D eigenvalue weighted by molar-refractivity contribution is 5.89. The second-order valence-electron chi connectivity index (χ2n) is 4.61. The van der Waals surface area contributed by atoms with Crippen molar-refractivity contribution in [1.82, 2.24) is 9.88 Å². The zero-order valence-corrected chi connectivity index (χ0v) is 10.7. The predicted molar refractivity (Wildman–Crippen MR) is 71.3 cm³/mol. The Kier molecular flexibility index (Phi) is 3.67. The lowest BCUT2D eigenvalue weighted by Crippen LogP contribution is -2.31. The van der Waals surface area contributed by atoms with Gasteiger partial charge in [0.05, 0.1) is 12.5 Å². The van der Waals surface area contributed by atoms with E-state index in [1.165, 1.54) is 0 Å². The van der Waals surface area contributed by atoms with E-state index in [0.717, 1.165) is 16.5 Å². The number of carbonyl (C=O) groups excluding carboxylic acids is 1. The lowest BCUT2D eigenvalue weighted by Gasteiger charge is -2.06. The average molecular weight is 246 g/mol. The number of hydrogen-bond acceptors (Lipinski definition) is 2. The second-order valence-corrected chi connectivity index (χ2v) is 4.61. The van der Waals surface area contributed by atoms with E-state index in [0.29, 0.717) is 13.0 Å². The summed E-state index contributed by atoms with van der Waals surface area (Å²) >= 11 is 0. The van der Waals surface area contributed by atoms with Crippen LogP contribution in [-0.4, -0.2) is 28.2 Å². The topological polar surface area (TPSA) is 54.3 Å². The summed E-state index contributed by atoms with van der Waals surface area (Å²) in [5, 5.41) is 12.9. The molecule has 0 aliphatic carbocycles. The maximum absolute atomic E-state index is 11.7. The number of benzene rings is 1. The van der Waals surface area contributed by atoms with E-state index in [1.54, 1.807) is 6.92 Å². The summed E-state index contributed by atoms with van der Waals surface area (Å²) in [4.78, 5) is 11.7. The number of aryl methyl sites for hydroxylation is 1. The summed E-state index contributed by atoms with van der Waals surface area (Å²) in [5.74, 6) is -0.0627. The van der Waals surface area contributed by atoms with Crippen LogP contribution < -0.4 is 5.32 Å². The van der Waals surface area contributed by atoms with E-state index >= 15 is 0 Å². The Morgan fingerprint density at radius 2 is 2.17 bits per heavy atom. The van der Waals surface area contributed by atoms with Crippen LogP contribution in [-0.2, 0) is 18.3 Å². The summed E-state index contributed by atoms with van der Waals surface area (Å²) in [6.45, 7) is 1.95. The molecular weight excluding hydrogens is 228 g/mol. The van der Waals surface area contributed by atoms with Gasteiger partial charge in [0.2, 0.25) is 5.91 Å². The second kappa shape index (κ2) is 5.23. The highest BCUT2D eigenvalue weighted by atomic mass is 16.3. The normalized spacial score (nSPS) is 12.6. The summed E-state index contributed by atoms with van der Waals surface area (Å²) < 4.78 is 2.02. The van der Waals surface area contributed by atoms with E-state index in [-0.39, 0.29) is 5.91 Å². The van der Waals surface area contributed by atoms with E-state index in [2.05, 4.69) is 5.32 Å². The van der Waals surface area contributed by atoms with Crippen LogP contribution in [0.15, 0.2) is 30.5 Å². The standard InChI is InChI=1S/C14H18N2O2/c1-10(17)8-15-14(18)7-11-9-16(2)13-6-4-3-5-12(11)13/h3-6,9-10,17H,7-8H2,1-2H3,(H,15,18). The number of aliphatic hydroxyl groups is 1. The average Bonchev–Trinajstić information content (AvgIpc) is 2.65. The fraction of sp³-hybridized carbons (Fsp3) is 0.357.